The maximum Gasteiger partial charge on any atom is 0.278 e. The van der Waals surface area contributed by atoms with Gasteiger partial charge in [0.05, 0.1) is 29.3 Å². The molecule has 0 aliphatic heterocycles. The van der Waals surface area contributed by atoms with Gasteiger partial charge in [-0.25, -0.2) is 9.68 Å². The van der Waals surface area contributed by atoms with Crippen LogP contribution in [0.3, 0.4) is 0 Å². The lowest BCUT2D eigenvalue weighted by Gasteiger charge is -2.34. The highest BCUT2D eigenvalue weighted by Gasteiger charge is 2.31. The molecule has 5 heteroatoms. The first-order valence-electron chi connectivity index (χ1n) is 7.47. The Hall–Kier alpha value is -0.650. The van der Waals surface area contributed by atoms with Crippen LogP contribution in [0.15, 0.2) is 0 Å². The third kappa shape index (κ3) is 10.7. The summed E-state index contributed by atoms with van der Waals surface area (Å²) in [6, 6.07) is 0. The van der Waals surface area contributed by atoms with E-state index in [0.717, 1.165) is 5.23 Å². The summed E-state index contributed by atoms with van der Waals surface area (Å²) in [5.74, 6) is -0.599. The van der Waals surface area contributed by atoms with Crippen molar-refractivity contribution in [2.75, 3.05) is 6.61 Å². The number of hydrogen-bond donors (Lipinski definition) is 0. The molecule has 21 heavy (non-hydrogen) atoms. The summed E-state index contributed by atoms with van der Waals surface area (Å²) < 4.78 is 5.66. The van der Waals surface area contributed by atoms with Gasteiger partial charge in [-0.2, -0.15) is 0 Å². The molecule has 1 atom stereocenters. The maximum absolute atomic E-state index is 12.5. The van der Waals surface area contributed by atoms with E-state index in [4.69, 9.17) is 14.4 Å². The van der Waals surface area contributed by atoms with Gasteiger partial charge in [0.1, 0.15) is 0 Å². The van der Waals surface area contributed by atoms with Crippen LogP contribution in [0.4, 0.5) is 0 Å². The molecule has 0 aromatic heterocycles. The third-order valence-corrected chi connectivity index (χ3v) is 2.08. The molecule has 0 aromatic carbocycles. The maximum atomic E-state index is 12.5. The molecule has 126 valence electrons. The summed E-state index contributed by atoms with van der Waals surface area (Å²) in [4.78, 5) is 23.8. The number of hydroxylamine groups is 2. The summed E-state index contributed by atoms with van der Waals surface area (Å²) in [7, 11) is 0. The van der Waals surface area contributed by atoms with E-state index in [9.17, 15) is 4.79 Å². The monoisotopic (exact) mass is 303 g/mol. The van der Waals surface area contributed by atoms with Gasteiger partial charge in [0, 0.05) is 0 Å². The third-order valence-electron chi connectivity index (χ3n) is 2.08. The Morgan fingerprint density at radius 2 is 1.24 bits per heavy atom. The molecule has 0 rings (SSSR count). The molecule has 0 fully saturated rings. The van der Waals surface area contributed by atoms with Crippen LogP contribution in [-0.4, -0.2) is 34.5 Å². The minimum atomic E-state index is -0.522. The lowest BCUT2D eigenvalue weighted by Crippen LogP contribution is -2.46. The fourth-order valence-corrected chi connectivity index (χ4v) is 1.23. The molecule has 0 bridgehead atoms. The van der Waals surface area contributed by atoms with E-state index in [0.29, 0.717) is 6.61 Å². The van der Waals surface area contributed by atoms with Gasteiger partial charge in [-0.3, -0.25) is 4.79 Å². The van der Waals surface area contributed by atoms with Gasteiger partial charge in [0.15, 0.2) is 0 Å². The van der Waals surface area contributed by atoms with E-state index in [1.54, 1.807) is 6.92 Å². The second-order valence-electron chi connectivity index (χ2n) is 8.33. The van der Waals surface area contributed by atoms with Gasteiger partial charge in [-0.1, -0.05) is 12.2 Å². The van der Waals surface area contributed by atoms with Crippen molar-refractivity contribution in [3.8, 4) is 0 Å². The number of carbonyl (C=O) groups excluding carboxylic acids is 1. The molecule has 0 N–H and O–H groups in total. The fraction of sp³-hybridized carbons (Fsp3) is 0.938. The summed E-state index contributed by atoms with van der Waals surface area (Å²) in [5, 5.41) is 1.01. The molecule has 0 radical (unpaired) electrons. The van der Waals surface area contributed by atoms with Crippen LogP contribution in [0.1, 0.15) is 69.2 Å². The second-order valence-corrected chi connectivity index (χ2v) is 8.33. The first-order valence-corrected chi connectivity index (χ1v) is 7.47. The van der Waals surface area contributed by atoms with E-state index in [1.807, 2.05) is 62.3 Å². The Morgan fingerprint density at radius 3 is 1.52 bits per heavy atom. The molecule has 1 amide bonds. The molecular formula is C16H33NO4. The van der Waals surface area contributed by atoms with Crippen molar-refractivity contribution in [1.82, 2.24) is 5.23 Å². The number of hydrogen-bond acceptors (Lipinski definition) is 4. The molecule has 0 heterocycles. The average Bonchev–Trinajstić information content (AvgIpc) is 2.18. The number of nitrogens with zero attached hydrogens (tertiary/aromatic N) is 1. The highest BCUT2D eigenvalue weighted by atomic mass is 17.0. The van der Waals surface area contributed by atoms with Crippen LogP contribution >= 0.6 is 0 Å². The minimum Gasteiger partial charge on any atom is -0.375 e. The highest BCUT2D eigenvalue weighted by molar-refractivity contribution is 5.76. The van der Waals surface area contributed by atoms with Crippen LogP contribution in [0, 0.1) is 5.92 Å². The van der Waals surface area contributed by atoms with Gasteiger partial charge < -0.3 is 4.74 Å². The minimum absolute atomic E-state index is 0.246. The highest BCUT2D eigenvalue weighted by Crippen LogP contribution is 2.20. The van der Waals surface area contributed by atoms with E-state index in [-0.39, 0.29) is 17.4 Å². The van der Waals surface area contributed by atoms with Gasteiger partial charge in [-0.15, -0.1) is 0 Å². The van der Waals surface area contributed by atoms with Crippen LogP contribution in [0.5, 0.6) is 0 Å². The first-order chi connectivity index (χ1) is 9.11. The lowest BCUT2D eigenvalue weighted by molar-refractivity contribution is -0.403. The predicted octanol–water partition coefficient (Wildman–Crippen LogP) is 3.73. The van der Waals surface area contributed by atoms with Gasteiger partial charge in [0.2, 0.25) is 0 Å². The zero-order valence-electron chi connectivity index (χ0n) is 15.4. The zero-order chi connectivity index (χ0) is 17.1. The van der Waals surface area contributed by atoms with E-state index >= 15 is 0 Å². The van der Waals surface area contributed by atoms with Crippen LogP contribution in [0.25, 0.3) is 0 Å². The fourth-order valence-electron chi connectivity index (χ4n) is 1.23. The molecule has 0 aromatic rings. The Labute approximate surface area is 129 Å². The van der Waals surface area contributed by atoms with Gasteiger partial charge >= 0.3 is 0 Å². The second kappa shape index (κ2) is 7.07. The smallest absolute Gasteiger partial charge is 0.278 e. The van der Waals surface area contributed by atoms with Crippen molar-refractivity contribution in [1.29, 1.82) is 0 Å². The van der Waals surface area contributed by atoms with Crippen molar-refractivity contribution < 1.29 is 19.2 Å². The molecule has 0 spiro atoms. The largest absolute Gasteiger partial charge is 0.375 e. The number of rotatable bonds is 5. The van der Waals surface area contributed by atoms with Gasteiger partial charge in [-0.05, 0) is 62.3 Å². The van der Waals surface area contributed by atoms with Crippen LogP contribution in [0.2, 0.25) is 0 Å². The van der Waals surface area contributed by atoms with Crippen molar-refractivity contribution in [3.05, 3.63) is 0 Å². The Kier molecular flexibility index (Phi) is 6.85. The van der Waals surface area contributed by atoms with Crippen molar-refractivity contribution in [2.45, 2.75) is 86.0 Å². The molecule has 1 unspecified atom stereocenters. The lowest BCUT2D eigenvalue weighted by atomic mass is 10.1. The van der Waals surface area contributed by atoms with E-state index < -0.39 is 11.2 Å². The van der Waals surface area contributed by atoms with Crippen molar-refractivity contribution >= 4 is 5.91 Å². The van der Waals surface area contributed by atoms with Crippen molar-refractivity contribution in [2.24, 2.45) is 5.92 Å². The van der Waals surface area contributed by atoms with Gasteiger partial charge in [0.25, 0.3) is 5.91 Å². The molecule has 0 aliphatic rings. The molecule has 0 aliphatic carbocycles. The first kappa shape index (κ1) is 20.3. The molecular weight excluding hydrogens is 270 g/mol. The number of carbonyl (C=O) groups is 1. The molecule has 5 nitrogen and oxygen atoms in total. The SMILES string of the molecule is CC(COC(C)(C)C)C(=O)N(OC(C)(C)C)OC(C)(C)C. The van der Waals surface area contributed by atoms with Crippen LogP contribution in [-0.2, 0) is 19.2 Å². The topological polar surface area (TPSA) is 48.0 Å². The van der Waals surface area contributed by atoms with Crippen LogP contribution < -0.4 is 0 Å². The summed E-state index contributed by atoms with van der Waals surface area (Å²) in [5.41, 5.74) is -1.33. The Morgan fingerprint density at radius 1 is 0.857 bits per heavy atom. The molecule has 0 saturated carbocycles. The van der Waals surface area contributed by atoms with E-state index in [2.05, 4.69) is 0 Å². The van der Waals surface area contributed by atoms with E-state index in [1.165, 1.54) is 0 Å². The zero-order valence-corrected chi connectivity index (χ0v) is 15.4. The summed E-state index contributed by atoms with van der Waals surface area (Å²) >= 11 is 0. The standard InChI is InChI=1S/C16H33NO4/c1-12(11-19-14(2,3)4)13(18)17(20-15(5,6)7)21-16(8,9)10/h12H,11H2,1-10H3. The number of ether oxygens (including phenoxy) is 1. The normalized spacial score (nSPS) is 15.0. The number of amides is 1. The Bertz CT molecular complexity index is 318. The quantitative estimate of drug-likeness (QED) is 0.726. The van der Waals surface area contributed by atoms with Crippen molar-refractivity contribution in [3.63, 3.8) is 0 Å². The average molecular weight is 303 g/mol. The summed E-state index contributed by atoms with van der Waals surface area (Å²) in [6.07, 6.45) is 0. The summed E-state index contributed by atoms with van der Waals surface area (Å²) in [6.45, 7) is 19.2. The molecule has 0 saturated heterocycles. The predicted molar refractivity (Wildman–Crippen MR) is 83.4 cm³/mol. The Balaban J connectivity index is 4.85.